The molecule has 0 radical (unpaired) electrons. The fourth-order valence-corrected chi connectivity index (χ4v) is 1.74. The first-order chi connectivity index (χ1) is 9.67. The molecule has 0 aliphatic rings. The van der Waals surface area contributed by atoms with Crippen molar-refractivity contribution in [3.05, 3.63) is 35.6 Å². The van der Waals surface area contributed by atoms with Gasteiger partial charge in [-0.15, -0.1) is 0 Å². The maximum atomic E-state index is 13.1. The average molecular weight is 295 g/mol. The molecule has 0 aromatic heterocycles. The number of hydrogen-bond acceptors (Lipinski definition) is 3. The zero-order valence-corrected chi connectivity index (χ0v) is 12.9. The first-order valence-corrected chi connectivity index (χ1v) is 6.93. The third kappa shape index (κ3) is 6.88. The molecule has 1 unspecified atom stereocenters. The van der Waals surface area contributed by atoms with Gasteiger partial charge in [0.2, 0.25) is 0 Å². The van der Waals surface area contributed by atoms with Crippen LogP contribution in [0.1, 0.15) is 44.5 Å². The number of carbonyl (C=O) groups excluding carboxylic acids is 2. The third-order valence-electron chi connectivity index (χ3n) is 2.67. The number of ether oxygens (including phenoxy) is 1. The van der Waals surface area contributed by atoms with Crippen molar-refractivity contribution in [3.8, 4) is 0 Å². The molecule has 0 aliphatic heterocycles. The number of carbonyl (C=O) groups is 2. The molecule has 1 amide bonds. The Labute approximate surface area is 124 Å². The van der Waals surface area contributed by atoms with Crippen LogP contribution in [0, 0.1) is 11.7 Å². The van der Waals surface area contributed by atoms with E-state index in [-0.39, 0.29) is 18.1 Å². The van der Waals surface area contributed by atoms with Crippen LogP contribution < -0.4 is 5.32 Å². The lowest BCUT2D eigenvalue weighted by atomic mass is 10.00. The Morgan fingerprint density at radius 2 is 2.00 bits per heavy atom. The Balaban J connectivity index is 2.42. The summed E-state index contributed by atoms with van der Waals surface area (Å²) in [5, 5.41) is 2.62. The number of halogens is 1. The molecule has 1 aromatic rings. The summed E-state index contributed by atoms with van der Waals surface area (Å²) in [6.45, 7) is 7.51. The molecule has 0 saturated carbocycles. The molecule has 0 saturated heterocycles. The molecule has 1 aromatic carbocycles. The minimum absolute atomic E-state index is 0.0618. The maximum Gasteiger partial charge on any atom is 0.407 e. The normalized spacial score (nSPS) is 12.6. The Morgan fingerprint density at radius 3 is 2.57 bits per heavy atom. The van der Waals surface area contributed by atoms with Crippen molar-refractivity contribution in [1.29, 1.82) is 0 Å². The molecule has 0 aliphatic carbocycles. The number of rotatable bonds is 5. The number of ketones is 1. The van der Waals surface area contributed by atoms with Crippen LogP contribution in [-0.2, 0) is 4.74 Å². The summed E-state index contributed by atoms with van der Waals surface area (Å²) >= 11 is 0. The van der Waals surface area contributed by atoms with Crippen LogP contribution in [0.2, 0.25) is 0 Å². The highest BCUT2D eigenvalue weighted by molar-refractivity contribution is 5.96. The molecule has 0 spiro atoms. The second-order valence-corrected chi connectivity index (χ2v) is 6.13. The molecular formula is C16H22FNO3. The van der Waals surface area contributed by atoms with E-state index in [0.29, 0.717) is 12.1 Å². The van der Waals surface area contributed by atoms with Crippen molar-refractivity contribution in [2.24, 2.45) is 5.92 Å². The topological polar surface area (TPSA) is 55.4 Å². The van der Waals surface area contributed by atoms with Crippen molar-refractivity contribution < 1.29 is 18.7 Å². The lowest BCUT2D eigenvalue weighted by molar-refractivity contribution is 0.0517. The molecule has 1 atom stereocenters. The highest BCUT2D eigenvalue weighted by Gasteiger charge is 2.17. The van der Waals surface area contributed by atoms with E-state index in [9.17, 15) is 14.0 Å². The van der Waals surface area contributed by atoms with Crippen LogP contribution in [0.15, 0.2) is 24.3 Å². The number of Topliss-reactive ketones (excluding diaryl/α,β-unsaturated/α-hetero) is 1. The summed E-state index contributed by atoms with van der Waals surface area (Å²) in [5.41, 5.74) is -0.204. The standard InChI is InChI=1S/C16H22FNO3/c1-11(10-18-15(20)21-16(2,3)4)8-14(19)12-6-5-7-13(17)9-12/h5-7,9,11H,8,10H2,1-4H3,(H,18,20). The van der Waals surface area contributed by atoms with Gasteiger partial charge >= 0.3 is 6.09 Å². The highest BCUT2D eigenvalue weighted by atomic mass is 19.1. The summed E-state index contributed by atoms with van der Waals surface area (Å²) in [5.74, 6) is -0.637. The van der Waals surface area contributed by atoms with Gasteiger partial charge in [-0.3, -0.25) is 4.79 Å². The van der Waals surface area contributed by atoms with E-state index in [1.165, 1.54) is 18.2 Å². The monoisotopic (exact) mass is 295 g/mol. The van der Waals surface area contributed by atoms with Crippen molar-refractivity contribution >= 4 is 11.9 Å². The van der Waals surface area contributed by atoms with Crippen LogP contribution in [0.3, 0.4) is 0 Å². The van der Waals surface area contributed by atoms with Gasteiger partial charge in [-0.2, -0.15) is 0 Å². The van der Waals surface area contributed by atoms with Gasteiger partial charge in [-0.05, 0) is 38.8 Å². The molecule has 116 valence electrons. The molecule has 1 N–H and O–H groups in total. The van der Waals surface area contributed by atoms with Gasteiger partial charge in [-0.25, -0.2) is 9.18 Å². The van der Waals surface area contributed by atoms with Gasteiger partial charge in [0.05, 0.1) is 0 Å². The number of alkyl carbamates (subject to hydrolysis) is 1. The number of nitrogens with one attached hydrogen (secondary N) is 1. The second kappa shape index (κ2) is 7.20. The summed E-state index contributed by atoms with van der Waals surface area (Å²) < 4.78 is 18.2. The smallest absolute Gasteiger partial charge is 0.407 e. The van der Waals surface area contributed by atoms with Crippen LogP contribution in [-0.4, -0.2) is 24.0 Å². The molecule has 1 rings (SSSR count). The third-order valence-corrected chi connectivity index (χ3v) is 2.67. The molecule has 4 nitrogen and oxygen atoms in total. The number of benzene rings is 1. The molecule has 0 fully saturated rings. The summed E-state index contributed by atoms with van der Waals surface area (Å²) in [6, 6.07) is 5.60. The highest BCUT2D eigenvalue weighted by Crippen LogP contribution is 2.11. The minimum Gasteiger partial charge on any atom is -0.444 e. The lowest BCUT2D eigenvalue weighted by Crippen LogP contribution is -2.35. The summed E-state index contributed by atoms with van der Waals surface area (Å²) in [4.78, 5) is 23.5. The Bertz CT molecular complexity index is 508. The van der Waals surface area contributed by atoms with Gasteiger partial charge in [0.15, 0.2) is 5.78 Å². The van der Waals surface area contributed by atoms with E-state index in [0.717, 1.165) is 0 Å². The van der Waals surface area contributed by atoms with Crippen LogP contribution >= 0.6 is 0 Å². The van der Waals surface area contributed by atoms with Crippen molar-refractivity contribution in [2.75, 3.05) is 6.54 Å². The van der Waals surface area contributed by atoms with E-state index in [1.807, 2.05) is 6.92 Å². The van der Waals surface area contributed by atoms with E-state index >= 15 is 0 Å². The van der Waals surface area contributed by atoms with E-state index in [2.05, 4.69) is 5.32 Å². The fourth-order valence-electron chi connectivity index (χ4n) is 1.74. The largest absolute Gasteiger partial charge is 0.444 e. The zero-order valence-electron chi connectivity index (χ0n) is 12.9. The van der Waals surface area contributed by atoms with Gasteiger partial charge in [-0.1, -0.05) is 19.1 Å². The molecule has 0 heterocycles. The predicted molar refractivity (Wildman–Crippen MR) is 78.7 cm³/mol. The van der Waals surface area contributed by atoms with Gasteiger partial charge < -0.3 is 10.1 Å². The van der Waals surface area contributed by atoms with Gasteiger partial charge in [0.1, 0.15) is 11.4 Å². The maximum absolute atomic E-state index is 13.1. The Morgan fingerprint density at radius 1 is 1.33 bits per heavy atom. The van der Waals surface area contributed by atoms with E-state index in [1.54, 1.807) is 26.8 Å². The Hall–Kier alpha value is -1.91. The summed E-state index contributed by atoms with van der Waals surface area (Å²) in [7, 11) is 0. The van der Waals surface area contributed by atoms with Gasteiger partial charge in [0.25, 0.3) is 0 Å². The Kier molecular flexibility index (Phi) is 5.88. The quantitative estimate of drug-likeness (QED) is 0.845. The first kappa shape index (κ1) is 17.1. The first-order valence-electron chi connectivity index (χ1n) is 6.93. The SMILES string of the molecule is CC(CNC(=O)OC(C)(C)C)CC(=O)c1cccc(F)c1. The minimum atomic E-state index is -0.551. The molecule has 5 heteroatoms. The predicted octanol–water partition coefficient (Wildman–Crippen LogP) is 3.56. The lowest BCUT2D eigenvalue weighted by Gasteiger charge is -2.20. The fraction of sp³-hybridized carbons (Fsp3) is 0.500. The molecule has 21 heavy (non-hydrogen) atoms. The van der Waals surface area contributed by atoms with Crippen LogP contribution in [0.5, 0.6) is 0 Å². The number of amides is 1. The van der Waals surface area contributed by atoms with Crippen molar-refractivity contribution in [3.63, 3.8) is 0 Å². The van der Waals surface area contributed by atoms with Gasteiger partial charge in [0, 0.05) is 18.5 Å². The number of hydrogen-bond donors (Lipinski definition) is 1. The molecular weight excluding hydrogens is 273 g/mol. The van der Waals surface area contributed by atoms with Crippen molar-refractivity contribution in [2.45, 2.75) is 39.7 Å². The zero-order chi connectivity index (χ0) is 16.0. The average Bonchev–Trinajstić information content (AvgIpc) is 2.34. The second-order valence-electron chi connectivity index (χ2n) is 6.13. The molecule has 0 bridgehead atoms. The summed E-state index contributed by atoms with van der Waals surface area (Å²) in [6.07, 6.45) is -0.272. The van der Waals surface area contributed by atoms with Crippen LogP contribution in [0.25, 0.3) is 0 Å². The van der Waals surface area contributed by atoms with Crippen LogP contribution in [0.4, 0.5) is 9.18 Å². The van der Waals surface area contributed by atoms with E-state index < -0.39 is 17.5 Å². The van der Waals surface area contributed by atoms with E-state index in [4.69, 9.17) is 4.74 Å². The van der Waals surface area contributed by atoms with Crippen molar-refractivity contribution in [1.82, 2.24) is 5.32 Å².